The zero-order valence-electron chi connectivity index (χ0n) is 13.8. The number of esters is 2. The molecule has 1 atom stereocenters. The van der Waals surface area contributed by atoms with Crippen LogP contribution in [0.15, 0.2) is 48.5 Å². The Hall–Kier alpha value is -3.15. The number of hydrogen-bond acceptors (Lipinski definition) is 6. The molecule has 128 valence electrons. The van der Waals surface area contributed by atoms with Crippen LogP contribution in [0.2, 0.25) is 0 Å². The maximum absolute atomic E-state index is 12.7. The average molecular weight is 340 g/mol. The number of carbonyl (C=O) groups excluding carboxylic acids is 3. The molecule has 0 saturated heterocycles. The van der Waals surface area contributed by atoms with Crippen molar-refractivity contribution < 1.29 is 28.6 Å². The second kappa shape index (κ2) is 6.39. The molecule has 1 unspecified atom stereocenters. The van der Waals surface area contributed by atoms with Gasteiger partial charge in [0.25, 0.3) is 0 Å². The SMILES string of the molecule is COC(=O)C1(c2ccccc2)CC(=O)c2cc(OC(C)=O)ccc2O1. The number of ether oxygens (including phenoxy) is 3. The number of methoxy groups -OCH3 is 1. The van der Waals surface area contributed by atoms with Crippen LogP contribution >= 0.6 is 0 Å². The van der Waals surface area contributed by atoms with E-state index in [1.165, 1.54) is 32.2 Å². The highest BCUT2D eigenvalue weighted by atomic mass is 16.6. The lowest BCUT2D eigenvalue weighted by Gasteiger charge is -2.35. The van der Waals surface area contributed by atoms with Gasteiger partial charge in [-0.1, -0.05) is 30.3 Å². The lowest BCUT2D eigenvalue weighted by Crippen LogP contribution is -2.47. The van der Waals surface area contributed by atoms with Gasteiger partial charge in [0.15, 0.2) is 5.78 Å². The molecule has 1 aliphatic heterocycles. The summed E-state index contributed by atoms with van der Waals surface area (Å²) in [6, 6.07) is 13.2. The molecule has 0 amide bonds. The largest absolute Gasteiger partial charge is 0.469 e. The monoisotopic (exact) mass is 340 g/mol. The Morgan fingerprint density at radius 2 is 1.84 bits per heavy atom. The highest BCUT2D eigenvalue weighted by Gasteiger charge is 2.49. The fourth-order valence-electron chi connectivity index (χ4n) is 2.86. The standard InChI is InChI=1S/C19H16O6/c1-12(20)24-14-8-9-17-15(10-14)16(21)11-19(25-17,18(22)23-2)13-6-4-3-5-7-13/h3-10H,11H2,1-2H3. The van der Waals surface area contributed by atoms with Crippen molar-refractivity contribution in [2.45, 2.75) is 18.9 Å². The maximum Gasteiger partial charge on any atom is 0.355 e. The van der Waals surface area contributed by atoms with E-state index in [9.17, 15) is 14.4 Å². The first-order chi connectivity index (χ1) is 12.0. The Bertz CT molecular complexity index is 842. The van der Waals surface area contributed by atoms with E-state index in [1.54, 1.807) is 30.3 Å². The molecule has 1 aliphatic rings. The first kappa shape index (κ1) is 16.7. The third-order valence-electron chi connectivity index (χ3n) is 3.96. The van der Waals surface area contributed by atoms with Crippen molar-refractivity contribution in [2.75, 3.05) is 7.11 Å². The molecule has 0 aromatic heterocycles. The molecule has 0 aliphatic carbocycles. The normalized spacial score (nSPS) is 18.7. The summed E-state index contributed by atoms with van der Waals surface area (Å²) in [6.45, 7) is 1.27. The van der Waals surface area contributed by atoms with E-state index in [4.69, 9.17) is 14.2 Å². The van der Waals surface area contributed by atoms with E-state index in [0.717, 1.165) is 0 Å². The van der Waals surface area contributed by atoms with Crippen molar-refractivity contribution in [3.05, 3.63) is 59.7 Å². The van der Waals surface area contributed by atoms with Crippen LogP contribution < -0.4 is 9.47 Å². The summed E-state index contributed by atoms with van der Waals surface area (Å²) in [4.78, 5) is 36.3. The Morgan fingerprint density at radius 1 is 1.12 bits per heavy atom. The predicted molar refractivity (Wildman–Crippen MR) is 87.5 cm³/mol. The Kier molecular flexibility index (Phi) is 4.27. The fourth-order valence-corrected chi connectivity index (χ4v) is 2.86. The van der Waals surface area contributed by atoms with Crippen LogP contribution in [0, 0.1) is 0 Å². The van der Waals surface area contributed by atoms with Crippen LogP contribution in [-0.4, -0.2) is 24.8 Å². The van der Waals surface area contributed by atoms with Gasteiger partial charge in [-0.2, -0.15) is 0 Å². The van der Waals surface area contributed by atoms with Crippen LogP contribution in [0.4, 0.5) is 0 Å². The molecule has 0 bridgehead atoms. The molecule has 1 heterocycles. The number of benzene rings is 2. The summed E-state index contributed by atoms with van der Waals surface area (Å²) in [5.74, 6) is -0.960. The van der Waals surface area contributed by atoms with Gasteiger partial charge in [-0.15, -0.1) is 0 Å². The molecule has 25 heavy (non-hydrogen) atoms. The summed E-state index contributed by atoms with van der Waals surface area (Å²) in [7, 11) is 1.25. The van der Waals surface area contributed by atoms with Gasteiger partial charge in [0.2, 0.25) is 5.60 Å². The first-order valence-corrected chi connectivity index (χ1v) is 7.65. The topological polar surface area (TPSA) is 78.9 Å². The summed E-state index contributed by atoms with van der Waals surface area (Å²) >= 11 is 0. The van der Waals surface area contributed by atoms with Crippen molar-refractivity contribution >= 4 is 17.7 Å². The van der Waals surface area contributed by atoms with E-state index in [0.29, 0.717) is 5.56 Å². The molecular weight excluding hydrogens is 324 g/mol. The van der Waals surface area contributed by atoms with Crippen LogP contribution in [0.3, 0.4) is 0 Å². The summed E-state index contributed by atoms with van der Waals surface area (Å²) in [5.41, 5.74) is -0.748. The average Bonchev–Trinajstić information content (AvgIpc) is 2.61. The van der Waals surface area contributed by atoms with E-state index >= 15 is 0 Å². The summed E-state index contributed by atoms with van der Waals surface area (Å²) < 4.78 is 15.9. The number of ketones is 1. The van der Waals surface area contributed by atoms with Gasteiger partial charge in [-0.3, -0.25) is 9.59 Å². The van der Waals surface area contributed by atoms with Gasteiger partial charge in [-0.25, -0.2) is 4.79 Å². The van der Waals surface area contributed by atoms with Crippen LogP contribution in [0.1, 0.15) is 29.3 Å². The second-order valence-corrected chi connectivity index (χ2v) is 5.64. The van der Waals surface area contributed by atoms with Gasteiger partial charge in [0.1, 0.15) is 11.5 Å². The van der Waals surface area contributed by atoms with Crippen LogP contribution in [0.25, 0.3) is 0 Å². The Balaban J connectivity index is 2.07. The van der Waals surface area contributed by atoms with Crippen molar-refractivity contribution in [1.29, 1.82) is 0 Å². The number of fused-ring (bicyclic) bond motifs is 1. The lowest BCUT2D eigenvalue weighted by molar-refractivity contribution is -0.160. The highest BCUT2D eigenvalue weighted by molar-refractivity contribution is 6.04. The quantitative estimate of drug-likeness (QED) is 0.631. The van der Waals surface area contributed by atoms with Gasteiger partial charge in [0, 0.05) is 12.5 Å². The smallest absolute Gasteiger partial charge is 0.355 e. The molecule has 3 rings (SSSR count). The zero-order chi connectivity index (χ0) is 18.0. The van der Waals surface area contributed by atoms with Crippen LogP contribution in [-0.2, 0) is 19.9 Å². The van der Waals surface area contributed by atoms with Crippen molar-refractivity contribution in [1.82, 2.24) is 0 Å². The molecule has 0 fully saturated rings. The van der Waals surface area contributed by atoms with Gasteiger partial charge in [-0.05, 0) is 18.2 Å². The zero-order valence-corrected chi connectivity index (χ0v) is 13.8. The maximum atomic E-state index is 12.7. The third-order valence-corrected chi connectivity index (χ3v) is 3.96. The minimum atomic E-state index is -1.54. The minimum absolute atomic E-state index is 0.208. The van der Waals surface area contributed by atoms with E-state index in [2.05, 4.69) is 0 Å². The Labute approximate surface area is 144 Å². The van der Waals surface area contributed by atoms with E-state index < -0.39 is 17.5 Å². The minimum Gasteiger partial charge on any atom is -0.469 e. The summed E-state index contributed by atoms with van der Waals surface area (Å²) in [6.07, 6.45) is -0.208. The third kappa shape index (κ3) is 2.98. The van der Waals surface area contributed by atoms with Crippen molar-refractivity contribution in [3.8, 4) is 11.5 Å². The predicted octanol–water partition coefficient (Wildman–Crippen LogP) is 2.65. The summed E-state index contributed by atoms with van der Waals surface area (Å²) in [5, 5.41) is 0. The molecular formula is C19H16O6. The van der Waals surface area contributed by atoms with Gasteiger partial charge >= 0.3 is 11.9 Å². The molecule has 0 spiro atoms. The fraction of sp³-hybridized carbons (Fsp3) is 0.211. The first-order valence-electron chi connectivity index (χ1n) is 7.65. The number of carbonyl (C=O) groups is 3. The second-order valence-electron chi connectivity index (χ2n) is 5.64. The molecule has 2 aromatic carbocycles. The highest BCUT2D eigenvalue weighted by Crippen LogP contribution is 2.41. The van der Waals surface area contributed by atoms with E-state index in [-0.39, 0.29) is 29.3 Å². The van der Waals surface area contributed by atoms with Gasteiger partial charge < -0.3 is 14.2 Å². The number of Topliss-reactive ketones (excluding diaryl/α,β-unsaturated/α-hetero) is 1. The molecule has 0 saturated carbocycles. The molecule has 6 nitrogen and oxygen atoms in total. The van der Waals surface area contributed by atoms with Gasteiger partial charge in [0.05, 0.1) is 19.1 Å². The molecule has 6 heteroatoms. The molecule has 2 aromatic rings. The number of hydrogen-bond donors (Lipinski definition) is 0. The Morgan fingerprint density at radius 3 is 2.48 bits per heavy atom. The molecule has 0 radical (unpaired) electrons. The van der Waals surface area contributed by atoms with Crippen LogP contribution in [0.5, 0.6) is 11.5 Å². The molecule has 0 N–H and O–H groups in total. The number of rotatable bonds is 3. The lowest BCUT2D eigenvalue weighted by atomic mass is 9.84. The van der Waals surface area contributed by atoms with Crippen molar-refractivity contribution in [2.24, 2.45) is 0 Å². The van der Waals surface area contributed by atoms with Crippen molar-refractivity contribution in [3.63, 3.8) is 0 Å². The van der Waals surface area contributed by atoms with E-state index in [1.807, 2.05) is 0 Å².